The van der Waals surface area contributed by atoms with Gasteiger partial charge in [-0.25, -0.2) is 14.6 Å². The SMILES string of the molecule is O=C(O)c1cn2c(n1)CN(C(=O)O)CC2. The highest BCUT2D eigenvalue weighted by Gasteiger charge is 2.23. The Hall–Kier alpha value is -2.05. The lowest BCUT2D eigenvalue weighted by molar-refractivity contribution is 0.0691. The smallest absolute Gasteiger partial charge is 0.407 e. The molecule has 0 bridgehead atoms. The van der Waals surface area contributed by atoms with Crippen LogP contribution in [0.5, 0.6) is 0 Å². The van der Waals surface area contributed by atoms with Crippen LogP contribution < -0.4 is 0 Å². The van der Waals surface area contributed by atoms with Crippen LogP contribution >= 0.6 is 0 Å². The molecule has 0 saturated heterocycles. The van der Waals surface area contributed by atoms with Crippen molar-refractivity contribution in [3.05, 3.63) is 17.7 Å². The second-order valence-corrected chi connectivity index (χ2v) is 3.25. The van der Waals surface area contributed by atoms with E-state index >= 15 is 0 Å². The zero-order valence-corrected chi connectivity index (χ0v) is 7.75. The van der Waals surface area contributed by atoms with Gasteiger partial charge < -0.3 is 14.8 Å². The molecule has 0 radical (unpaired) electrons. The largest absolute Gasteiger partial charge is 0.476 e. The Morgan fingerprint density at radius 3 is 2.67 bits per heavy atom. The fraction of sp³-hybridized carbons (Fsp3) is 0.375. The Balaban J connectivity index is 2.26. The van der Waals surface area contributed by atoms with Gasteiger partial charge in [-0.3, -0.25) is 4.90 Å². The number of hydrogen-bond donors (Lipinski definition) is 2. The molecular formula is C8H9N3O4. The number of amides is 1. The van der Waals surface area contributed by atoms with E-state index in [-0.39, 0.29) is 12.2 Å². The number of hydrogen-bond acceptors (Lipinski definition) is 3. The van der Waals surface area contributed by atoms with Crippen LogP contribution in [0.3, 0.4) is 0 Å². The molecule has 0 saturated carbocycles. The molecule has 0 fully saturated rings. The topological polar surface area (TPSA) is 95.7 Å². The molecule has 1 aromatic rings. The molecular weight excluding hydrogens is 202 g/mol. The molecule has 7 heteroatoms. The second kappa shape index (κ2) is 3.26. The number of fused-ring (bicyclic) bond motifs is 1. The summed E-state index contributed by atoms with van der Waals surface area (Å²) in [5.41, 5.74) is -0.0442. The highest BCUT2D eigenvalue weighted by molar-refractivity contribution is 5.85. The van der Waals surface area contributed by atoms with Gasteiger partial charge in [0, 0.05) is 19.3 Å². The molecule has 0 aromatic carbocycles. The molecule has 0 aliphatic carbocycles. The Morgan fingerprint density at radius 1 is 1.33 bits per heavy atom. The molecule has 2 heterocycles. The van der Waals surface area contributed by atoms with Crippen LogP contribution in [0, 0.1) is 0 Å². The summed E-state index contributed by atoms with van der Waals surface area (Å²) in [4.78, 5) is 26.3. The number of nitrogens with zero attached hydrogens (tertiary/aromatic N) is 3. The Kier molecular flexibility index (Phi) is 2.07. The molecule has 1 aliphatic heterocycles. The molecule has 0 unspecified atom stereocenters. The van der Waals surface area contributed by atoms with E-state index in [1.54, 1.807) is 4.57 Å². The molecule has 1 aromatic heterocycles. The summed E-state index contributed by atoms with van der Waals surface area (Å²) < 4.78 is 1.67. The number of aromatic carboxylic acids is 1. The van der Waals surface area contributed by atoms with Crippen molar-refractivity contribution in [2.75, 3.05) is 6.54 Å². The van der Waals surface area contributed by atoms with Gasteiger partial charge in [0.15, 0.2) is 5.69 Å². The molecule has 2 rings (SSSR count). The van der Waals surface area contributed by atoms with Crippen molar-refractivity contribution in [2.45, 2.75) is 13.1 Å². The third-order valence-corrected chi connectivity index (χ3v) is 2.29. The number of aromatic nitrogens is 2. The minimum absolute atomic E-state index is 0.0442. The van der Waals surface area contributed by atoms with Crippen molar-refractivity contribution in [3.8, 4) is 0 Å². The molecule has 0 atom stereocenters. The lowest BCUT2D eigenvalue weighted by Gasteiger charge is -2.24. The second-order valence-electron chi connectivity index (χ2n) is 3.25. The van der Waals surface area contributed by atoms with Gasteiger partial charge in [0.1, 0.15) is 5.82 Å². The van der Waals surface area contributed by atoms with Crippen LogP contribution in [0.1, 0.15) is 16.3 Å². The minimum Gasteiger partial charge on any atom is -0.476 e. The summed E-state index contributed by atoms with van der Waals surface area (Å²) in [5.74, 6) is -0.625. The first-order valence-corrected chi connectivity index (χ1v) is 4.35. The maximum absolute atomic E-state index is 10.7. The number of imidazole rings is 1. The predicted molar refractivity (Wildman–Crippen MR) is 47.6 cm³/mol. The first-order valence-electron chi connectivity index (χ1n) is 4.35. The van der Waals surface area contributed by atoms with Crippen LogP contribution in [0.2, 0.25) is 0 Å². The van der Waals surface area contributed by atoms with E-state index in [2.05, 4.69) is 4.98 Å². The van der Waals surface area contributed by atoms with Gasteiger partial charge in [0.25, 0.3) is 0 Å². The Bertz CT molecular complexity index is 426. The van der Waals surface area contributed by atoms with Gasteiger partial charge in [-0.2, -0.15) is 0 Å². The van der Waals surface area contributed by atoms with Crippen LogP contribution in [0.25, 0.3) is 0 Å². The van der Waals surface area contributed by atoms with Crippen LogP contribution in [-0.4, -0.2) is 43.3 Å². The zero-order chi connectivity index (χ0) is 11.0. The summed E-state index contributed by atoms with van der Waals surface area (Å²) in [5, 5.41) is 17.5. The summed E-state index contributed by atoms with van der Waals surface area (Å²) in [6, 6.07) is 0. The van der Waals surface area contributed by atoms with Gasteiger partial charge in [-0.15, -0.1) is 0 Å². The fourth-order valence-electron chi connectivity index (χ4n) is 1.52. The number of carbonyl (C=O) groups is 2. The number of rotatable bonds is 1. The van der Waals surface area contributed by atoms with Crippen molar-refractivity contribution in [1.82, 2.24) is 14.5 Å². The summed E-state index contributed by atoms with van der Waals surface area (Å²) in [7, 11) is 0. The average Bonchev–Trinajstić information content (AvgIpc) is 2.59. The lowest BCUT2D eigenvalue weighted by atomic mass is 10.4. The number of carboxylic acids is 1. The first-order chi connectivity index (χ1) is 7.08. The highest BCUT2D eigenvalue weighted by atomic mass is 16.4. The highest BCUT2D eigenvalue weighted by Crippen LogP contribution is 2.12. The lowest BCUT2D eigenvalue weighted by Crippen LogP contribution is -2.37. The summed E-state index contributed by atoms with van der Waals surface area (Å²) in [6.45, 7) is 0.947. The summed E-state index contributed by atoms with van der Waals surface area (Å²) in [6.07, 6.45) is 0.415. The predicted octanol–water partition coefficient (Wildman–Crippen LogP) is 0.0749. The standard InChI is InChI=1S/C8H9N3O4/c12-7(13)5-3-10-1-2-11(8(14)15)4-6(10)9-5/h3H,1-2,4H2,(H,12,13)(H,14,15). The molecule has 2 N–H and O–H groups in total. The van der Waals surface area contributed by atoms with Gasteiger partial charge >= 0.3 is 12.1 Å². The normalized spacial score (nSPS) is 14.8. The molecule has 15 heavy (non-hydrogen) atoms. The molecule has 80 valence electrons. The molecule has 7 nitrogen and oxygen atoms in total. The van der Waals surface area contributed by atoms with Crippen molar-refractivity contribution >= 4 is 12.1 Å². The van der Waals surface area contributed by atoms with Crippen molar-refractivity contribution in [2.24, 2.45) is 0 Å². The summed E-state index contributed by atoms with van der Waals surface area (Å²) >= 11 is 0. The van der Waals surface area contributed by atoms with Crippen LogP contribution in [0.4, 0.5) is 4.79 Å². The Labute approximate surface area is 84.6 Å². The monoisotopic (exact) mass is 211 g/mol. The average molecular weight is 211 g/mol. The third-order valence-electron chi connectivity index (χ3n) is 2.29. The van der Waals surface area contributed by atoms with Gasteiger partial charge in [0.05, 0.1) is 6.54 Å². The third kappa shape index (κ3) is 1.63. The maximum atomic E-state index is 10.7. The van der Waals surface area contributed by atoms with E-state index in [0.717, 1.165) is 0 Å². The van der Waals surface area contributed by atoms with Crippen LogP contribution in [0.15, 0.2) is 6.20 Å². The van der Waals surface area contributed by atoms with Crippen LogP contribution in [-0.2, 0) is 13.1 Å². The minimum atomic E-state index is -1.10. The van der Waals surface area contributed by atoms with Crippen molar-refractivity contribution in [1.29, 1.82) is 0 Å². The molecule has 1 aliphatic rings. The van der Waals surface area contributed by atoms with Crippen molar-refractivity contribution < 1.29 is 19.8 Å². The van der Waals surface area contributed by atoms with E-state index < -0.39 is 12.1 Å². The fourth-order valence-corrected chi connectivity index (χ4v) is 1.52. The van der Waals surface area contributed by atoms with Gasteiger partial charge in [-0.05, 0) is 0 Å². The first kappa shape index (κ1) is 9.50. The molecule has 1 amide bonds. The zero-order valence-electron chi connectivity index (χ0n) is 7.75. The van der Waals surface area contributed by atoms with E-state index in [1.165, 1.54) is 11.1 Å². The quantitative estimate of drug-likeness (QED) is 0.685. The van der Waals surface area contributed by atoms with Gasteiger partial charge in [-0.1, -0.05) is 0 Å². The van der Waals surface area contributed by atoms with E-state index in [1.807, 2.05) is 0 Å². The Morgan fingerprint density at radius 2 is 2.07 bits per heavy atom. The maximum Gasteiger partial charge on any atom is 0.407 e. The van der Waals surface area contributed by atoms with Crippen molar-refractivity contribution in [3.63, 3.8) is 0 Å². The van der Waals surface area contributed by atoms with E-state index in [9.17, 15) is 9.59 Å². The van der Waals surface area contributed by atoms with Gasteiger partial charge in [0.2, 0.25) is 0 Å². The molecule has 0 spiro atoms. The van der Waals surface area contributed by atoms with E-state index in [4.69, 9.17) is 10.2 Å². The number of carboxylic acid groups (broad SMARTS) is 2. The van der Waals surface area contributed by atoms with E-state index in [0.29, 0.717) is 18.9 Å².